The Hall–Kier alpha value is -0.670. The molecule has 1 aliphatic rings. The van der Waals surface area contributed by atoms with Crippen molar-refractivity contribution in [3.8, 4) is 0 Å². The van der Waals surface area contributed by atoms with E-state index in [9.17, 15) is 0 Å². The first-order chi connectivity index (χ1) is 5.75. The van der Waals surface area contributed by atoms with Crippen LogP contribution in [0.15, 0.2) is 20.7 Å². The SMILES string of the molecule is CC1=Nc2cscc2N=C(C)C1.Cl. The Bertz CT molecular complexity index is 333. The fourth-order valence-electron chi connectivity index (χ4n) is 1.31. The highest BCUT2D eigenvalue weighted by Gasteiger charge is 2.07. The normalized spacial score (nSPS) is 14.9. The van der Waals surface area contributed by atoms with Crippen molar-refractivity contribution in [3.63, 3.8) is 0 Å². The zero-order valence-electron chi connectivity index (χ0n) is 7.57. The van der Waals surface area contributed by atoms with E-state index in [-0.39, 0.29) is 12.4 Å². The first kappa shape index (κ1) is 10.4. The predicted octanol–water partition coefficient (Wildman–Crippen LogP) is 3.76. The second kappa shape index (κ2) is 4.03. The van der Waals surface area contributed by atoms with E-state index in [2.05, 4.69) is 9.98 Å². The molecule has 13 heavy (non-hydrogen) atoms. The molecule has 0 N–H and O–H groups in total. The fourth-order valence-corrected chi connectivity index (χ4v) is 1.98. The molecule has 0 bridgehead atoms. The van der Waals surface area contributed by atoms with E-state index in [0.29, 0.717) is 0 Å². The first-order valence-corrected chi connectivity index (χ1v) is 4.84. The molecule has 70 valence electrons. The van der Waals surface area contributed by atoms with E-state index in [1.807, 2.05) is 24.6 Å². The fraction of sp³-hybridized carbons (Fsp3) is 0.333. The summed E-state index contributed by atoms with van der Waals surface area (Å²) in [6.07, 6.45) is 0.902. The van der Waals surface area contributed by atoms with Gasteiger partial charge in [-0.2, -0.15) is 0 Å². The molecule has 1 aromatic rings. The van der Waals surface area contributed by atoms with E-state index in [4.69, 9.17) is 0 Å². The molecule has 0 aromatic carbocycles. The summed E-state index contributed by atoms with van der Waals surface area (Å²) >= 11 is 1.65. The third-order valence-corrected chi connectivity index (χ3v) is 2.47. The molecule has 0 radical (unpaired) electrons. The molecule has 1 aromatic heterocycles. The summed E-state index contributed by atoms with van der Waals surface area (Å²) in [4.78, 5) is 8.92. The van der Waals surface area contributed by atoms with Crippen LogP contribution in [0.5, 0.6) is 0 Å². The van der Waals surface area contributed by atoms with Crippen LogP contribution in [0.3, 0.4) is 0 Å². The van der Waals surface area contributed by atoms with Crippen LogP contribution in [-0.4, -0.2) is 11.4 Å². The summed E-state index contributed by atoms with van der Waals surface area (Å²) in [5.41, 5.74) is 4.34. The number of hydrogen-bond acceptors (Lipinski definition) is 3. The summed E-state index contributed by atoms with van der Waals surface area (Å²) < 4.78 is 0. The van der Waals surface area contributed by atoms with Crippen molar-refractivity contribution in [2.45, 2.75) is 20.3 Å². The van der Waals surface area contributed by atoms with Gasteiger partial charge in [-0.15, -0.1) is 23.7 Å². The zero-order chi connectivity index (χ0) is 8.55. The maximum atomic E-state index is 4.46. The lowest BCUT2D eigenvalue weighted by atomic mass is 10.2. The minimum absolute atomic E-state index is 0. The molecule has 1 aliphatic heterocycles. The lowest BCUT2D eigenvalue weighted by Gasteiger charge is -1.93. The van der Waals surface area contributed by atoms with Crippen LogP contribution in [0.1, 0.15) is 20.3 Å². The highest BCUT2D eigenvalue weighted by molar-refractivity contribution is 7.08. The van der Waals surface area contributed by atoms with Crippen molar-refractivity contribution in [1.29, 1.82) is 0 Å². The van der Waals surface area contributed by atoms with Gasteiger partial charge in [0.2, 0.25) is 0 Å². The average Bonchev–Trinajstić information content (AvgIpc) is 2.31. The average molecular weight is 215 g/mol. The van der Waals surface area contributed by atoms with Crippen LogP contribution in [-0.2, 0) is 0 Å². The number of aliphatic imine (C=N–C) groups is 2. The molecule has 0 amide bonds. The summed E-state index contributed by atoms with van der Waals surface area (Å²) in [6.45, 7) is 4.09. The van der Waals surface area contributed by atoms with E-state index in [1.165, 1.54) is 0 Å². The van der Waals surface area contributed by atoms with E-state index < -0.39 is 0 Å². The topological polar surface area (TPSA) is 24.7 Å². The number of nitrogens with zero attached hydrogens (tertiary/aromatic N) is 2. The maximum absolute atomic E-state index is 4.46. The molecule has 0 saturated carbocycles. The summed E-state index contributed by atoms with van der Waals surface area (Å²) in [6, 6.07) is 0. The Kier molecular flexibility index (Phi) is 3.22. The van der Waals surface area contributed by atoms with Crippen LogP contribution in [0.25, 0.3) is 0 Å². The zero-order valence-corrected chi connectivity index (χ0v) is 9.21. The summed E-state index contributed by atoms with van der Waals surface area (Å²) in [7, 11) is 0. The molecule has 0 saturated heterocycles. The molecule has 0 fully saturated rings. The van der Waals surface area contributed by atoms with Gasteiger partial charge in [-0.3, -0.25) is 9.98 Å². The van der Waals surface area contributed by atoms with Crippen LogP contribution >= 0.6 is 23.7 Å². The number of hydrogen-bond donors (Lipinski definition) is 0. The molecule has 4 heteroatoms. The molecule has 0 spiro atoms. The number of thiophene rings is 1. The highest BCUT2D eigenvalue weighted by atomic mass is 35.5. The minimum Gasteiger partial charge on any atom is -0.255 e. The van der Waals surface area contributed by atoms with Crippen molar-refractivity contribution < 1.29 is 0 Å². The van der Waals surface area contributed by atoms with E-state index in [0.717, 1.165) is 29.2 Å². The van der Waals surface area contributed by atoms with Gasteiger partial charge in [0, 0.05) is 28.6 Å². The second-order valence-electron chi connectivity index (χ2n) is 3.01. The molecule has 0 atom stereocenters. The van der Waals surface area contributed by atoms with E-state index in [1.54, 1.807) is 11.3 Å². The maximum Gasteiger partial charge on any atom is 0.0992 e. The van der Waals surface area contributed by atoms with Crippen molar-refractivity contribution in [2.24, 2.45) is 9.98 Å². The standard InChI is InChI=1S/C9H10N2S.ClH/c1-6-3-7(2)11-9-5-12-4-8(9)10-6;/h4-5H,3H2,1-2H3;1H. The van der Waals surface area contributed by atoms with Gasteiger partial charge in [-0.1, -0.05) is 0 Å². The Labute approximate surface area is 87.8 Å². The van der Waals surface area contributed by atoms with Gasteiger partial charge < -0.3 is 0 Å². The lowest BCUT2D eigenvalue weighted by molar-refractivity contribution is 1.44. The molecule has 0 aliphatic carbocycles. The second-order valence-corrected chi connectivity index (χ2v) is 3.76. The molecule has 0 unspecified atom stereocenters. The molecular weight excluding hydrogens is 204 g/mol. The first-order valence-electron chi connectivity index (χ1n) is 3.90. The molecular formula is C9H11ClN2S. The van der Waals surface area contributed by atoms with Crippen LogP contribution in [0.2, 0.25) is 0 Å². The third kappa shape index (κ3) is 2.17. The Balaban J connectivity index is 0.000000845. The number of halogens is 1. The Morgan fingerprint density at radius 1 is 1.08 bits per heavy atom. The summed E-state index contributed by atoms with van der Waals surface area (Å²) in [5, 5.41) is 4.09. The van der Waals surface area contributed by atoms with Gasteiger partial charge in [-0.25, -0.2) is 0 Å². The number of fused-ring (bicyclic) bond motifs is 1. The summed E-state index contributed by atoms with van der Waals surface area (Å²) in [5.74, 6) is 0. The number of rotatable bonds is 0. The van der Waals surface area contributed by atoms with Crippen molar-refractivity contribution >= 4 is 46.5 Å². The third-order valence-electron chi connectivity index (χ3n) is 1.76. The van der Waals surface area contributed by atoms with Gasteiger partial charge in [0.15, 0.2) is 0 Å². The van der Waals surface area contributed by atoms with Crippen LogP contribution in [0, 0.1) is 0 Å². The van der Waals surface area contributed by atoms with Gasteiger partial charge in [0.05, 0.1) is 11.4 Å². The minimum atomic E-state index is 0. The highest BCUT2D eigenvalue weighted by Crippen LogP contribution is 2.34. The van der Waals surface area contributed by atoms with Crippen molar-refractivity contribution in [2.75, 3.05) is 0 Å². The van der Waals surface area contributed by atoms with Crippen molar-refractivity contribution in [1.82, 2.24) is 0 Å². The monoisotopic (exact) mass is 214 g/mol. The van der Waals surface area contributed by atoms with E-state index >= 15 is 0 Å². The smallest absolute Gasteiger partial charge is 0.0992 e. The molecule has 2 rings (SSSR count). The van der Waals surface area contributed by atoms with Gasteiger partial charge in [0.25, 0.3) is 0 Å². The largest absolute Gasteiger partial charge is 0.255 e. The quantitative estimate of drug-likeness (QED) is 0.628. The lowest BCUT2D eigenvalue weighted by Crippen LogP contribution is -1.97. The van der Waals surface area contributed by atoms with Gasteiger partial charge >= 0.3 is 0 Å². The molecule has 2 nitrogen and oxygen atoms in total. The van der Waals surface area contributed by atoms with Crippen molar-refractivity contribution in [3.05, 3.63) is 10.8 Å². The predicted molar refractivity (Wildman–Crippen MR) is 61.7 cm³/mol. The Morgan fingerprint density at radius 2 is 1.54 bits per heavy atom. The van der Waals surface area contributed by atoms with Gasteiger partial charge in [0.1, 0.15) is 0 Å². The molecule has 2 heterocycles. The van der Waals surface area contributed by atoms with Crippen LogP contribution in [0.4, 0.5) is 11.4 Å². The Morgan fingerprint density at radius 3 is 2.00 bits per heavy atom. The van der Waals surface area contributed by atoms with Crippen LogP contribution < -0.4 is 0 Å². The van der Waals surface area contributed by atoms with Gasteiger partial charge in [-0.05, 0) is 13.8 Å².